The lowest BCUT2D eigenvalue weighted by molar-refractivity contribution is -0.147. The van der Waals surface area contributed by atoms with E-state index in [1.165, 1.54) is 0 Å². The third kappa shape index (κ3) is 7.37. The predicted octanol–water partition coefficient (Wildman–Crippen LogP) is 3.01. The van der Waals surface area contributed by atoms with Crippen LogP contribution in [0.5, 0.6) is 0 Å². The molecule has 2 aliphatic heterocycles. The maximum Gasteiger partial charge on any atom is 0.247 e. The van der Waals surface area contributed by atoms with E-state index in [4.69, 9.17) is 0 Å². The second-order valence-corrected chi connectivity index (χ2v) is 11.8. The first-order valence-electron chi connectivity index (χ1n) is 15.2. The molecule has 2 aromatic carbocycles. The molecule has 226 valence electrons. The first kappa shape index (κ1) is 31.2. The summed E-state index contributed by atoms with van der Waals surface area (Å²) in [7, 11) is 1.71. The van der Waals surface area contributed by atoms with Gasteiger partial charge in [0.25, 0.3) is 0 Å². The van der Waals surface area contributed by atoms with Crippen molar-refractivity contribution >= 4 is 23.6 Å². The van der Waals surface area contributed by atoms with E-state index >= 15 is 0 Å². The van der Waals surface area contributed by atoms with Gasteiger partial charge in [0.2, 0.25) is 23.6 Å². The smallest absolute Gasteiger partial charge is 0.247 e. The van der Waals surface area contributed by atoms with E-state index in [1.54, 1.807) is 16.8 Å². The molecular formula is C33H45N5O4. The van der Waals surface area contributed by atoms with E-state index in [9.17, 15) is 19.2 Å². The summed E-state index contributed by atoms with van der Waals surface area (Å²) in [5, 5.41) is 9.14. The molecule has 0 spiro atoms. The lowest BCUT2D eigenvalue weighted by Crippen LogP contribution is -2.62. The number of likely N-dealkylation sites (N-methyl/N-ethyl adjacent to an activating group) is 1. The molecule has 4 atom stereocenters. The summed E-state index contributed by atoms with van der Waals surface area (Å²) in [6.07, 6.45) is 2.70. The van der Waals surface area contributed by atoms with Crippen LogP contribution in [0.25, 0.3) is 0 Å². The topological polar surface area (TPSA) is 111 Å². The Kier molecular flexibility index (Phi) is 10.7. The fourth-order valence-electron chi connectivity index (χ4n) is 6.13. The Morgan fingerprint density at radius 3 is 2.10 bits per heavy atom. The van der Waals surface area contributed by atoms with E-state index in [2.05, 4.69) is 16.0 Å². The van der Waals surface area contributed by atoms with Gasteiger partial charge in [-0.1, -0.05) is 81.4 Å². The van der Waals surface area contributed by atoms with Gasteiger partial charge in [-0.3, -0.25) is 19.2 Å². The Morgan fingerprint density at radius 2 is 1.55 bits per heavy atom. The summed E-state index contributed by atoms with van der Waals surface area (Å²) in [4.78, 5) is 57.8. The molecule has 2 aromatic rings. The number of benzene rings is 2. The normalized spacial score (nSPS) is 21.5. The lowest BCUT2D eigenvalue weighted by Gasteiger charge is -2.39. The first-order valence-corrected chi connectivity index (χ1v) is 15.2. The highest BCUT2D eigenvalue weighted by Gasteiger charge is 2.46. The van der Waals surface area contributed by atoms with E-state index in [1.807, 2.05) is 81.4 Å². The van der Waals surface area contributed by atoms with Crippen LogP contribution in [0, 0.1) is 5.92 Å². The number of rotatable bonds is 10. The molecule has 4 amide bonds. The van der Waals surface area contributed by atoms with Gasteiger partial charge in [-0.05, 0) is 49.8 Å². The largest absolute Gasteiger partial charge is 0.343 e. The summed E-state index contributed by atoms with van der Waals surface area (Å²) >= 11 is 0. The van der Waals surface area contributed by atoms with Crippen LogP contribution in [0.2, 0.25) is 0 Å². The molecule has 0 aliphatic carbocycles. The van der Waals surface area contributed by atoms with Gasteiger partial charge in [0, 0.05) is 25.6 Å². The van der Waals surface area contributed by atoms with Crippen molar-refractivity contribution in [2.24, 2.45) is 5.92 Å². The molecule has 2 heterocycles. The van der Waals surface area contributed by atoms with Crippen molar-refractivity contribution < 1.29 is 19.2 Å². The molecule has 0 bridgehead atoms. The quantitative estimate of drug-likeness (QED) is 0.404. The number of carbonyl (C=O) groups is 4. The molecule has 0 unspecified atom stereocenters. The predicted molar refractivity (Wildman–Crippen MR) is 162 cm³/mol. The summed E-state index contributed by atoms with van der Waals surface area (Å²) in [5.41, 5.74) is 1.90. The molecule has 2 aliphatic rings. The Labute approximate surface area is 249 Å². The van der Waals surface area contributed by atoms with Crippen molar-refractivity contribution in [1.82, 2.24) is 25.8 Å². The Balaban J connectivity index is 1.60. The highest BCUT2D eigenvalue weighted by molar-refractivity contribution is 5.94. The van der Waals surface area contributed by atoms with Crippen molar-refractivity contribution in [1.29, 1.82) is 0 Å². The summed E-state index contributed by atoms with van der Waals surface area (Å²) in [6, 6.07) is 17.0. The SMILES string of the molecule is CC[C@H](NC)C(=O)N[C@H]1CN(C(=O)CC(C)C)CC[C@H]2CC[C@@H](C(=O)NC(c3ccccc3)c3ccccc3)N2C1=O. The van der Waals surface area contributed by atoms with Crippen LogP contribution in [0.4, 0.5) is 0 Å². The third-order valence-corrected chi connectivity index (χ3v) is 8.37. The molecule has 0 radical (unpaired) electrons. The van der Waals surface area contributed by atoms with Crippen molar-refractivity contribution in [3.05, 3.63) is 71.8 Å². The minimum atomic E-state index is -0.939. The van der Waals surface area contributed by atoms with Crippen LogP contribution >= 0.6 is 0 Å². The minimum absolute atomic E-state index is 0.0213. The highest BCUT2D eigenvalue weighted by Crippen LogP contribution is 2.31. The number of hydrogen-bond acceptors (Lipinski definition) is 5. The zero-order valence-electron chi connectivity index (χ0n) is 25.2. The molecule has 9 heteroatoms. The third-order valence-electron chi connectivity index (χ3n) is 8.37. The summed E-state index contributed by atoms with van der Waals surface area (Å²) in [6.45, 7) is 6.44. The van der Waals surface area contributed by atoms with Crippen LogP contribution in [0.3, 0.4) is 0 Å². The molecule has 42 heavy (non-hydrogen) atoms. The van der Waals surface area contributed by atoms with E-state index < -0.39 is 18.1 Å². The van der Waals surface area contributed by atoms with Crippen molar-refractivity contribution in [2.45, 2.75) is 83.1 Å². The highest BCUT2D eigenvalue weighted by atomic mass is 16.2. The van der Waals surface area contributed by atoms with Crippen LogP contribution in [-0.2, 0) is 19.2 Å². The van der Waals surface area contributed by atoms with E-state index in [-0.39, 0.29) is 48.2 Å². The fourth-order valence-corrected chi connectivity index (χ4v) is 6.13. The number of nitrogens with one attached hydrogen (secondary N) is 3. The lowest BCUT2D eigenvalue weighted by atomic mass is 9.98. The molecular weight excluding hydrogens is 530 g/mol. The molecule has 2 saturated heterocycles. The second-order valence-electron chi connectivity index (χ2n) is 11.8. The summed E-state index contributed by atoms with van der Waals surface area (Å²) in [5.74, 6) is -0.663. The van der Waals surface area contributed by atoms with Gasteiger partial charge in [0.1, 0.15) is 12.1 Å². The van der Waals surface area contributed by atoms with Crippen molar-refractivity contribution in [2.75, 3.05) is 20.1 Å². The van der Waals surface area contributed by atoms with Gasteiger partial charge < -0.3 is 25.8 Å². The van der Waals surface area contributed by atoms with Gasteiger partial charge in [-0.15, -0.1) is 0 Å². The zero-order valence-corrected chi connectivity index (χ0v) is 25.2. The second kappa shape index (κ2) is 14.4. The van der Waals surface area contributed by atoms with Crippen LogP contribution in [-0.4, -0.2) is 77.7 Å². The van der Waals surface area contributed by atoms with Crippen molar-refractivity contribution in [3.8, 4) is 0 Å². The van der Waals surface area contributed by atoms with Crippen LogP contribution in [0.15, 0.2) is 60.7 Å². The number of carbonyl (C=O) groups excluding carboxylic acids is 4. The maximum atomic E-state index is 14.2. The molecule has 3 N–H and O–H groups in total. The molecule has 0 saturated carbocycles. The first-order chi connectivity index (χ1) is 20.2. The molecule has 2 fully saturated rings. The number of amides is 4. The van der Waals surface area contributed by atoms with Crippen molar-refractivity contribution in [3.63, 3.8) is 0 Å². The Bertz CT molecular complexity index is 1180. The number of nitrogens with zero attached hydrogens (tertiary/aromatic N) is 2. The monoisotopic (exact) mass is 575 g/mol. The number of fused-ring (bicyclic) bond motifs is 1. The van der Waals surface area contributed by atoms with Gasteiger partial charge in [0.05, 0.1) is 12.1 Å². The minimum Gasteiger partial charge on any atom is -0.343 e. The van der Waals surface area contributed by atoms with E-state index in [0.29, 0.717) is 38.6 Å². The fraction of sp³-hybridized carbons (Fsp3) is 0.515. The molecule has 0 aromatic heterocycles. The van der Waals surface area contributed by atoms with E-state index in [0.717, 1.165) is 11.1 Å². The Hall–Kier alpha value is -3.72. The van der Waals surface area contributed by atoms with Crippen LogP contribution < -0.4 is 16.0 Å². The maximum absolute atomic E-state index is 14.2. The van der Waals surface area contributed by atoms with Gasteiger partial charge >= 0.3 is 0 Å². The van der Waals surface area contributed by atoms with Gasteiger partial charge in [-0.2, -0.15) is 0 Å². The average molecular weight is 576 g/mol. The van der Waals surface area contributed by atoms with Gasteiger partial charge in [0.15, 0.2) is 0 Å². The molecule has 4 rings (SSSR count). The summed E-state index contributed by atoms with van der Waals surface area (Å²) < 4.78 is 0. The number of hydrogen-bond donors (Lipinski definition) is 3. The standard InChI is InChI=1S/C33H45N5O4/c1-5-26(34-4)31(40)35-27-21-37(29(39)20-22(2)3)19-18-25-16-17-28(38(25)33(27)42)32(41)36-30(23-12-8-6-9-13-23)24-14-10-7-11-15-24/h6-15,22,25-28,30,34H,5,16-21H2,1-4H3,(H,35,40)(H,36,41)/t25-,26+,27+,28+/m1/s1. The molecule has 9 nitrogen and oxygen atoms in total. The average Bonchev–Trinajstić information content (AvgIpc) is 3.41. The Morgan fingerprint density at radius 1 is 0.929 bits per heavy atom. The van der Waals surface area contributed by atoms with Crippen LogP contribution in [0.1, 0.15) is 70.0 Å². The van der Waals surface area contributed by atoms with Gasteiger partial charge in [-0.25, -0.2) is 0 Å². The zero-order chi connectivity index (χ0) is 30.2.